The van der Waals surface area contributed by atoms with Crippen LogP contribution >= 0.6 is 11.3 Å². The number of amides is 1. The molecule has 1 saturated heterocycles. The van der Waals surface area contributed by atoms with Crippen LogP contribution in [-0.2, 0) is 6.42 Å². The molecule has 4 aromatic rings. The van der Waals surface area contributed by atoms with E-state index in [0.717, 1.165) is 47.8 Å². The second kappa shape index (κ2) is 8.96. The number of nitrogens with zero attached hydrogens (tertiary/aromatic N) is 4. The van der Waals surface area contributed by atoms with Crippen molar-refractivity contribution in [3.05, 3.63) is 83.6 Å². The maximum atomic E-state index is 13.3. The lowest BCUT2D eigenvalue weighted by Gasteiger charge is -2.24. The number of para-hydroxylation sites is 1. The Balaban J connectivity index is 1.31. The van der Waals surface area contributed by atoms with Crippen LogP contribution in [0.5, 0.6) is 5.75 Å². The van der Waals surface area contributed by atoms with E-state index in [2.05, 4.69) is 16.1 Å². The zero-order valence-corrected chi connectivity index (χ0v) is 18.7. The summed E-state index contributed by atoms with van der Waals surface area (Å²) in [7, 11) is 1.67. The summed E-state index contributed by atoms with van der Waals surface area (Å²) in [6.07, 6.45) is 6.58. The third-order valence-electron chi connectivity index (χ3n) is 5.82. The largest absolute Gasteiger partial charge is 0.497 e. The molecule has 0 aliphatic carbocycles. The van der Waals surface area contributed by atoms with Gasteiger partial charge in [0.2, 0.25) is 0 Å². The SMILES string of the molecule is COc1cccc(CC2CCCN2C(=O)c2csc(-c3cnn(-c4ccccc4)c3)n2)c1. The Bertz CT molecular complexity index is 1220. The van der Waals surface area contributed by atoms with Crippen molar-refractivity contribution in [2.45, 2.75) is 25.3 Å². The molecule has 0 radical (unpaired) electrons. The lowest BCUT2D eigenvalue weighted by molar-refractivity contribution is 0.0731. The lowest BCUT2D eigenvalue weighted by Crippen LogP contribution is -2.37. The van der Waals surface area contributed by atoms with Gasteiger partial charge in [-0.15, -0.1) is 11.3 Å². The number of benzene rings is 2. The van der Waals surface area contributed by atoms with Gasteiger partial charge in [0.05, 0.1) is 19.0 Å². The molecule has 1 amide bonds. The molecule has 0 spiro atoms. The monoisotopic (exact) mass is 444 g/mol. The minimum atomic E-state index is 0.00773. The van der Waals surface area contributed by atoms with Gasteiger partial charge in [0.25, 0.3) is 5.91 Å². The standard InChI is InChI=1S/C25H24N4O2S/c1-31-22-11-5-7-18(14-22)13-21-10-6-12-28(21)25(30)23-17-32-24(27-23)19-15-26-29(16-19)20-8-3-2-4-9-20/h2-5,7-9,11,14-17,21H,6,10,12-13H2,1H3. The fourth-order valence-corrected chi connectivity index (χ4v) is 4.96. The van der Waals surface area contributed by atoms with Gasteiger partial charge in [0, 0.05) is 29.7 Å². The fraction of sp³-hybridized carbons (Fsp3) is 0.240. The first-order valence-corrected chi connectivity index (χ1v) is 11.6. The van der Waals surface area contributed by atoms with E-state index in [9.17, 15) is 4.79 Å². The van der Waals surface area contributed by atoms with Crippen molar-refractivity contribution >= 4 is 17.2 Å². The number of ether oxygens (including phenoxy) is 1. The van der Waals surface area contributed by atoms with Crippen molar-refractivity contribution < 1.29 is 9.53 Å². The van der Waals surface area contributed by atoms with Crippen LogP contribution in [0.4, 0.5) is 0 Å². The summed E-state index contributed by atoms with van der Waals surface area (Å²) in [6, 6.07) is 18.2. The van der Waals surface area contributed by atoms with E-state index < -0.39 is 0 Å². The molecule has 0 N–H and O–H groups in total. The first kappa shape index (κ1) is 20.5. The van der Waals surface area contributed by atoms with Crippen LogP contribution in [0.1, 0.15) is 28.9 Å². The number of hydrogen-bond donors (Lipinski definition) is 0. The van der Waals surface area contributed by atoms with Gasteiger partial charge >= 0.3 is 0 Å². The molecule has 1 aliphatic heterocycles. The number of likely N-dealkylation sites (tertiary alicyclic amines) is 1. The molecule has 2 aromatic carbocycles. The van der Waals surface area contributed by atoms with E-state index >= 15 is 0 Å². The molecule has 5 rings (SSSR count). The molecular weight excluding hydrogens is 420 g/mol. The first-order chi connectivity index (χ1) is 15.7. The van der Waals surface area contributed by atoms with E-state index in [1.165, 1.54) is 16.9 Å². The first-order valence-electron chi connectivity index (χ1n) is 10.7. The van der Waals surface area contributed by atoms with Crippen LogP contribution in [-0.4, -0.2) is 45.3 Å². The van der Waals surface area contributed by atoms with Gasteiger partial charge in [-0.3, -0.25) is 4.79 Å². The Morgan fingerprint density at radius 3 is 2.91 bits per heavy atom. The van der Waals surface area contributed by atoms with Crippen LogP contribution in [0, 0.1) is 0 Å². The smallest absolute Gasteiger partial charge is 0.273 e. The molecule has 3 heterocycles. The van der Waals surface area contributed by atoms with Crippen molar-refractivity contribution in [3.8, 4) is 22.0 Å². The number of carbonyl (C=O) groups excluding carboxylic acids is 1. The average Bonchev–Trinajstić information content (AvgIpc) is 3.60. The molecule has 6 nitrogen and oxygen atoms in total. The summed E-state index contributed by atoms with van der Waals surface area (Å²) >= 11 is 1.48. The number of carbonyl (C=O) groups is 1. The molecule has 1 fully saturated rings. The van der Waals surface area contributed by atoms with Crippen LogP contribution < -0.4 is 4.74 Å². The summed E-state index contributed by atoms with van der Waals surface area (Å²) in [6.45, 7) is 0.770. The van der Waals surface area contributed by atoms with Crippen molar-refractivity contribution in [1.82, 2.24) is 19.7 Å². The highest BCUT2D eigenvalue weighted by molar-refractivity contribution is 7.13. The molecule has 1 atom stereocenters. The summed E-state index contributed by atoms with van der Waals surface area (Å²) < 4.78 is 7.16. The third-order valence-corrected chi connectivity index (χ3v) is 6.71. The quantitative estimate of drug-likeness (QED) is 0.426. The minimum absolute atomic E-state index is 0.00773. The van der Waals surface area contributed by atoms with Crippen LogP contribution in [0.3, 0.4) is 0 Å². The second-order valence-electron chi connectivity index (χ2n) is 7.90. The number of hydrogen-bond acceptors (Lipinski definition) is 5. The molecule has 1 unspecified atom stereocenters. The molecule has 1 aliphatic rings. The van der Waals surface area contributed by atoms with Gasteiger partial charge in [-0.2, -0.15) is 5.10 Å². The van der Waals surface area contributed by atoms with Gasteiger partial charge < -0.3 is 9.64 Å². The molecule has 2 aromatic heterocycles. The van der Waals surface area contributed by atoms with Gasteiger partial charge in [-0.05, 0) is 49.1 Å². The van der Waals surface area contributed by atoms with Crippen molar-refractivity contribution in [2.75, 3.05) is 13.7 Å². The molecule has 162 valence electrons. The van der Waals surface area contributed by atoms with Crippen LogP contribution in [0.25, 0.3) is 16.3 Å². The Morgan fingerprint density at radius 2 is 2.06 bits per heavy atom. The van der Waals surface area contributed by atoms with E-state index in [1.807, 2.05) is 69.7 Å². The zero-order chi connectivity index (χ0) is 21.9. The topological polar surface area (TPSA) is 60.2 Å². The summed E-state index contributed by atoms with van der Waals surface area (Å²) in [4.78, 5) is 19.9. The second-order valence-corrected chi connectivity index (χ2v) is 8.76. The van der Waals surface area contributed by atoms with Crippen LogP contribution in [0.15, 0.2) is 72.4 Å². The predicted molar refractivity (Wildman–Crippen MR) is 125 cm³/mol. The van der Waals surface area contributed by atoms with E-state index in [4.69, 9.17) is 4.74 Å². The van der Waals surface area contributed by atoms with Gasteiger partial charge in [-0.25, -0.2) is 9.67 Å². The van der Waals surface area contributed by atoms with Crippen molar-refractivity contribution in [2.24, 2.45) is 0 Å². The van der Waals surface area contributed by atoms with Crippen molar-refractivity contribution in [1.29, 1.82) is 0 Å². The Hall–Kier alpha value is -3.45. The fourth-order valence-electron chi connectivity index (χ4n) is 4.19. The molecule has 0 bridgehead atoms. The summed E-state index contributed by atoms with van der Waals surface area (Å²) in [5, 5.41) is 7.11. The molecule has 0 saturated carbocycles. The normalized spacial score (nSPS) is 15.8. The summed E-state index contributed by atoms with van der Waals surface area (Å²) in [5.74, 6) is 0.854. The van der Waals surface area contributed by atoms with Gasteiger partial charge in [0.15, 0.2) is 0 Å². The zero-order valence-electron chi connectivity index (χ0n) is 17.8. The third kappa shape index (κ3) is 4.16. The Labute approximate surface area is 191 Å². The predicted octanol–water partition coefficient (Wildman–Crippen LogP) is 4.85. The Morgan fingerprint density at radius 1 is 1.19 bits per heavy atom. The highest BCUT2D eigenvalue weighted by Crippen LogP contribution is 2.28. The van der Waals surface area contributed by atoms with Gasteiger partial charge in [0.1, 0.15) is 16.5 Å². The maximum Gasteiger partial charge on any atom is 0.273 e. The van der Waals surface area contributed by atoms with E-state index in [1.54, 1.807) is 13.3 Å². The number of aromatic nitrogens is 3. The number of thiazole rings is 1. The number of methoxy groups -OCH3 is 1. The Kier molecular flexibility index (Phi) is 5.73. The molecule has 32 heavy (non-hydrogen) atoms. The maximum absolute atomic E-state index is 13.3. The highest BCUT2D eigenvalue weighted by atomic mass is 32.1. The molecular formula is C25H24N4O2S. The van der Waals surface area contributed by atoms with Crippen molar-refractivity contribution in [3.63, 3.8) is 0 Å². The summed E-state index contributed by atoms with van der Waals surface area (Å²) in [5.41, 5.74) is 3.59. The van der Waals surface area contributed by atoms with E-state index in [0.29, 0.717) is 5.69 Å². The van der Waals surface area contributed by atoms with Gasteiger partial charge in [-0.1, -0.05) is 30.3 Å². The number of rotatable bonds is 6. The average molecular weight is 445 g/mol. The molecule has 7 heteroatoms. The minimum Gasteiger partial charge on any atom is -0.497 e. The van der Waals surface area contributed by atoms with Crippen LogP contribution in [0.2, 0.25) is 0 Å². The van der Waals surface area contributed by atoms with E-state index in [-0.39, 0.29) is 11.9 Å². The highest BCUT2D eigenvalue weighted by Gasteiger charge is 2.31. The lowest BCUT2D eigenvalue weighted by atomic mass is 10.0.